The first kappa shape index (κ1) is 16.9. The van der Waals surface area contributed by atoms with Crippen LogP contribution in [-0.4, -0.2) is 51.5 Å². The number of methoxy groups -OCH3 is 2. The number of hydrogen-bond acceptors (Lipinski definition) is 8. The lowest BCUT2D eigenvalue weighted by atomic mass is 9.75. The Kier molecular flexibility index (Phi) is 4.33. The van der Waals surface area contributed by atoms with Crippen LogP contribution in [0, 0.1) is 5.92 Å². The first-order chi connectivity index (χ1) is 12.6. The average Bonchev–Trinajstić information content (AvgIpc) is 3.09. The largest absolute Gasteiger partial charge is 0.496 e. The number of amides is 1. The number of rotatable bonds is 3. The predicted octanol–water partition coefficient (Wildman–Crippen LogP) is -0.338. The lowest BCUT2D eigenvalue weighted by molar-refractivity contribution is -0.145. The maximum absolute atomic E-state index is 12.2. The molecule has 2 fully saturated rings. The zero-order valence-corrected chi connectivity index (χ0v) is 14.5. The monoisotopic (exact) mass is 363 g/mol. The van der Waals surface area contributed by atoms with Gasteiger partial charge in [-0.25, -0.2) is 10.9 Å². The Hall–Kier alpha value is -2.52. The van der Waals surface area contributed by atoms with Crippen molar-refractivity contribution in [3.05, 3.63) is 17.7 Å². The Morgan fingerprint density at radius 3 is 2.58 bits per heavy atom. The van der Waals surface area contributed by atoms with Crippen molar-refractivity contribution in [3.63, 3.8) is 0 Å². The number of esters is 1. The third-order valence-electron chi connectivity index (χ3n) is 5.10. The van der Waals surface area contributed by atoms with Crippen LogP contribution in [0.15, 0.2) is 12.1 Å². The number of ether oxygens (including phenoxy) is 4. The second-order valence-electron chi connectivity index (χ2n) is 6.46. The zero-order chi connectivity index (χ0) is 18.3. The summed E-state index contributed by atoms with van der Waals surface area (Å²) in [5.74, 6) is 0.839. The maximum atomic E-state index is 12.2. The number of hydrogen-bond donors (Lipinski definition) is 3. The Bertz CT molecular complexity index is 739. The normalized spacial score (nSPS) is 29.5. The van der Waals surface area contributed by atoms with E-state index in [4.69, 9.17) is 18.9 Å². The molecular formula is C17H21N3O6. The van der Waals surface area contributed by atoms with Crippen molar-refractivity contribution >= 4 is 11.9 Å². The highest BCUT2D eigenvalue weighted by Crippen LogP contribution is 2.46. The standard InChI is InChI=1S/C17H21N3O6/c1-23-10-7-12-11(25-3-4-26-12)5-8(10)9-6-13(21)18-16-14(9)15(19-20-16)17(22)24-2/h5,7,9,14-16,19-20H,3-4,6H2,1-2H3,(H,18,21). The Morgan fingerprint density at radius 1 is 1.15 bits per heavy atom. The maximum Gasteiger partial charge on any atom is 0.324 e. The molecule has 1 aromatic rings. The van der Waals surface area contributed by atoms with Crippen molar-refractivity contribution < 1.29 is 28.5 Å². The van der Waals surface area contributed by atoms with Gasteiger partial charge in [-0.2, -0.15) is 0 Å². The minimum atomic E-state index is -0.589. The van der Waals surface area contributed by atoms with Gasteiger partial charge in [-0.3, -0.25) is 9.59 Å². The van der Waals surface area contributed by atoms with Gasteiger partial charge in [-0.05, 0) is 6.07 Å². The molecule has 9 heteroatoms. The molecule has 3 aliphatic rings. The second kappa shape index (κ2) is 6.65. The second-order valence-corrected chi connectivity index (χ2v) is 6.46. The van der Waals surface area contributed by atoms with Crippen molar-refractivity contribution in [1.29, 1.82) is 0 Å². The number of carbonyl (C=O) groups excluding carboxylic acids is 2. The van der Waals surface area contributed by atoms with Crippen LogP contribution in [0.5, 0.6) is 17.2 Å². The number of piperidine rings is 1. The molecule has 0 aliphatic carbocycles. The highest BCUT2D eigenvalue weighted by molar-refractivity contribution is 5.82. The number of carbonyl (C=O) groups is 2. The van der Waals surface area contributed by atoms with Gasteiger partial charge in [0.15, 0.2) is 11.5 Å². The van der Waals surface area contributed by atoms with Crippen LogP contribution in [0.1, 0.15) is 17.9 Å². The van der Waals surface area contributed by atoms with E-state index in [2.05, 4.69) is 16.2 Å². The first-order valence-electron chi connectivity index (χ1n) is 8.48. The number of fused-ring (bicyclic) bond motifs is 2. The molecule has 2 saturated heterocycles. The van der Waals surface area contributed by atoms with Gasteiger partial charge in [0.1, 0.15) is 25.0 Å². The molecule has 0 aromatic heterocycles. The van der Waals surface area contributed by atoms with Crippen LogP contribution in [0.25, 0.3) is 0 Å². The minimum absolute atomic E-state index is 0.104. The van der Waals surface area contributed by atoms with Crippen molar-refractivity contribution in [2.75, 3.05) is 27.4 Å². The van der Waals surface area contributed by atoms with Gasteiger partial charge in [0.25, 0.3) is 0 Å². The molecule has 0 radical (unpaired) electrons. The molecule has 4 unspecified atom stereocenters. The molecule has 4 rings (SSSR count). The first-order valence-corrected chi connectivity index (χ1v) is 8.48. The fourth-order valence-corrected chi connectivity index (χ4v) is 3.94. The molecule has 4 atom stereocenters. The molecule has 26 heavy (non-hydrogen) atoms. The van der Waals surface area contributed by atoms with Gasteiger partial charge in [-0.1, -0.05) is 0 Å². The topological polar surface area (TPSA) is 107 Å². The van der Waals surface area contributed by atoms with Gasteiger partial charge < -0.3 is 24.3 Å². The predicted molar refractivity (Wildman–Crippen MR) is 88.8 cm³/mol. The number of benzene rings is 1. The van der Waals surface area contributed by atoms with E-state index in [1.807, 2.05) is 6.07 Å². The quantitative estimate of drug-likeness (QED) is 0.627. The summed E-state index contributed by atoms with van der Waals surface area (Å²) < 4.78 is 21.8. The third-order valence-corrected chi connectivity index (χ3v) is 5.10. The Morgan fingerprint density at radius 2 is 1.88 bits per heavy atom. The summed E-state index contributed by atoms with van der Waals surface area (Å²) in [5, 5.41) is 2.87. The van der Waals surface area contributed by atoms with E-state index >= 15 is 0 Å². The summed E-state index contributed by atoms with van der Waals surface area (Å²) >= 11 is 0. The SMILES string of the molecule is COC(=O)C1NNC2NC(=O)CC(c3cc4c(cc3OC)OCCO4)C21. The minimum Gasteiger partial charge on any atom is -0.496 e. The lowest BCUT2D eigenvalue weighted by Gasteiger charge is -2.36. The van der Waals surface area contributed by atoms with Gasteiger partial charge in [-0.15, -0.1) is 0 Å². The van der Waals surface area contributed by atoms with Gasteiger partial charge in [0.05, 0.1) is 20.4 Å². The molecule has 3 heterocycles. The zero-order valence-electron chi connectivity index (χ0n) is 14.5. The highest BCUT2D eigenvalue weighted by Gasteiger charge is 2.50. The van der Waals surface area contributed by atoms with Crippen molar-refractivity contribution in [2.45, 2.75) is 24.5 Å². The number of nitrogens with one attached hydrogen (secondary N) is 3. The highest BCUT2D eigenvalue weighted by atomic mass is 16.6. The Labute approximate surface area is 150 Å². The van der Waals surface area contributed by atoms with Gasteiger partial charge in [0, 0.05) is 29.9 Å². The molecule has 3 N–H and O–H groups in total. The third kappa shape index (κ3) is 2.73. The van der Waals surface area contributed by atoms with Crippen LogP contribution in [-0.2, 0) is 14.3 Å². The summed E-state index contributed by atoms with van der Waals surface area (Å²) in [6.45, 7) is 0.939. The summed E-state index contributed by atoms with van der Waals surface area (Å²) in [5.41, 5.74) is 6.71. The molecule has 3 aliphatic heterocycles. The van der Waals surface area contributed by atoms with E-state index in [9.17, 15) is 9.59 Å². The summed E-state index contributed by atoms with van der Waals surface area (Å²) in [7, 11) is 2.91. The van der Waals surface area contributed by atoms with E-state index in [1.165, 1.54) is 7.11 Å². The average molecular weight is 363 g/mol. The summed E-state index contributed by atoms with van der Waals surface area (Å²) in [4.78, 5) is 24.4. The Balaban J connectivity index is 1.76. The fourth-order valence-electron chi connectivity index (χ4n) is 3.94. The van der Waals surface area contributed by atoms with Crippen molar-refractivity contribution in [3.8, 4) is 17.2 Å². The molecular weight excluding hydrogens is 342 g/mol. The lowest BCUT2D eigenvalue weighted by Crippen LogP contribution is -2.53. The van der Waals surface area contributed by atoms with Crippen LogP contribution < -0.4 is 30.4 Å². The summed E-state index contributed by atoms with van der Waals surface area (Å²) in [6, 6.07) is 3.03. The molecule has 9 nitrogen and oxygen atoms in total. The van der Waals surface area contributed by atoms with Gasteiger partial charge in [0.2, 0.25) is 5.91 Å². The molecule has 1 aromatic carbocycles. The van der Waals surface area contributed by atoms with Crippen LogP contribution in [0.2, 0.25) is 0 Å². The van der Waals surface area contributed by atoms with Crippen LogP contribution >= 0.6 is 0 Å². The smallest absolute Gasteiger partial charge is 0.324 e. The van der Waals surface area contributed by atoms with E-state index in [0.29, 0.717) is 30.5 Å². The molecule has 0 spiro atoms. The molecule has 0 bridgehead atoms. The van der Waals surface area contributed by atoms with Crippen molar-refractivity contribution in [2.24, 2.45) is 5.92 Å². The van der Waals surface area contributed by atoms with Crippen LogP contribution in [0.3, 0.4) is 0 Å². The van der Waals surface area contributed by atoms with Crippen LogP contribution in [0.4, 0.5) is 0 Å². The summed E-state index contributed by atoms with van der Waals surface area (Å²) in [6.07, 6.45) is -0.156. The number of hydrazine groups is 1. The fraction of sp³-hybridized carbons (Fsp3) is 0.529. The van der Waals surface area contributed by atoms with Gasteiger partial charge >= 0.3 is 5.97 Å². The molecule has 1 amide bonds. The molecule has 140 valence electrons. The van der Waals surface area contributed by atoms with E-state index in [0.717, 1.165) is 5.56 Å². The van der Waals surface area contributed by atoms with E-state index < -0.39 is 6.04 Å². The van der Waals surface area contributed by atoms with E-state index in [-0.39, 0.29) is 36.3 Å². The molecule has 0 saturated carbocycles. The van der Waals surface area contributed by atoms with E-state index in [1.54, 1.807) is 13.2 Å². The van der Waals surface area contributed by atoms with Crippen molar-refractivity contribution in [1.82, 2.24) is 16.2 Å².